The third-order valence-electron chi connectivity index (χ3n) is 6.43. The molecule has 0 amide bonds. The summed E-state index contributed by atoms with van der Waals surface area (Å²) < 4.78 is 12.6. The van der Waals surface area contributed by atoms with Crippen molar-refractivity contribution in [1.29, 1.82) is 10.5 Å². The molecule has 0 unspecified atom stereocenters. The van der Waals surface area contributed by atoms with E-state index in [4.69, 9.17) is 9.47 Å². The summed E-state index contributed by atoms with van der Waals surface area (Å²) in [7, 11) is 0. The Labute approximate surface area is 221 Å². The standard InChI is InChI=1S/C32H26N2O4/c33-22-31(23-34,24-37-30(25-13-5-1-6-14-25)26-15-7-2-8-16-26)32(38-21-29(35)36,27-17-9-3-10-18-27)28-19-11-4-12-20-28/h1-20,30H,21,24H2,(H,35,36). The minimum atomic E-state index is -1.97. The number of carboxylic acids is 1. The molecule has 0 heterocycles. The molecule has 0 bridgehead atoms. The van der Waals surface area contributed by atoms with Crippen LogP contribution in [0.4, 0.5) is 0 Å². The summed E-state index contributed by atoms with van der Waals surface area (Å²) >= 11 is 0. The first kappa shape index (κ1) is 26.3. The Balaban J connectivity index is 1.88. The predicted octanol–water partition coefficient (Wildman–Crippen LogP) is 5.87. The van der Waals surface area contributed by atoms with Gasteiger partial charge in [-0.25, -0.2) is 4.79 Å². The summed E-state index contributed by atoms with van der Waals surface area (Å²) in [6, 6.07) is 40.9. The smallest absolute Gasteiger partial charge is 0.329 e. The normalized spacial score (nSPS) is 11.4. The highest BCUT2D eigenvalue weighted by Crippen LogP contribution is 2.49. The number of hydrogen-bond acceptors (Lipinski definition) is 5. The van der Waals surface area contributed by atoms with Gasteiger partial charge in [-0.05, 0) is 22.3 Å². The zero-order chi connectivity index (χ0) is 26.8. The number of ether oxygens (including phenoxy) is 2. The number of aliphatic carboxylic acids is 1. The molecule has 0 fully saturated rings. The highest BCUT2D eigenvalue weighted by Gasteiger charge is 2.57. The molecule has 0 aliphatic carbocycles. The van der Waals surface area contributed by atoms with Crippen molar-refractivity contribution in [2.24, 2.45) is 5.41 Å². The lowest BCUT2D eigenvalue weighted by Crippen LogP contribution is -2.51. The van der Waals surface area contributed by atoms with Crippen molar-refractivity contribution in [2.45, 2.75) is 11.7 Å². The highest BCUT2D eigenvalue weighted by molar-refractivity contribution is 5.68. The van der Waals surface area contributed by atoms with Gasteiger partial charge in [0.15, 0.2) is 5.60 Å². The van der Waals surface area contributed by atoms with Crippen LogP contribution >= 0.6 is 0 Å². The van der Waals surface area contributed by atoms with Crippen molar-refractivity contribution in [3.63, 3.8) is 0 Å². The first-order valence-corrected chi connectivity index (χ1v) is 12.1. The molecule has 0 saturated heterocycles. The molecule has 0 atom stereocenters. The van der Waals surface area contributed by atoms with E-state index in [1.165, 1.54) is 0 Å². The van der Waals surface area contributed by atoms with Gasteiger partial charge >= 0.3 is 5.97 Å². The summed E-state index contributed by atoms with van der Waals surface area (Å²) in [4.78, 5) is 11.7. The molecular weight excluding hydrogens is 476 g/mol. The van der Waals surface area contributed by atoms with Gasteiger partial charge in [0.05, 0.1) is 18.7 Å². The van der Waals surface area contributed by atoms with Gasteiger partial charge in [-0.3, -0.25) is 0 Å². The molecule has 6 heteroatoms. The average molecular weight is 503 g/mol. The van der Waals surface area contributed by atoms with E-state index in [2.05, 4.69) is 12.1 Å². The van der Waals surface area contributed by atoms with Gasteiger partial charge in [0.2, 0.25) is 5.41 Å². The predicted molar refractivity (Wildman–Crippen MR) is 142 cm³/mol. The van der Waals surface area contributed by atoms with Crippen molar-refractivity contribution in [3.05, 3.63) is 144 Å². The number of carbonyl (C=O) groups is 1. The molecule has 0 aliphatic rings. The molecule has 6 nitrogen and oxygen atoms in total. The van der Waals surface area contributed by atoms with Gasteiger partial charge < -0.3 is 14.6 Å². The minimum Gasteiger partial charge on any atom is -0.480 e. The SMILES string of the molecule is N#CC(C#N)(COC(c1ccccc1)c1ccccc1)C(OCC(=O)O)(c1ccccc1)c1ccccc1. The third-order valence-corrected chi connectivity index (χ3v) is 6.43. The van der Waals surface area contributed by atoms with Crippen LogP contribution in [0.5, 0.6) is 0 Å². The first-order chi connectivity index (χ1) is 18.6. The maximum atomic E-state index is 11.7. The topological polar surface area (TPSA) is 103 Å². The Morgan fingerprint density at radius 3 is 1.47 bits per heavy atom. The molecule has 38 heavy (non-hydrogen) atoms. The lowest BCUT2D eigenvalue weighted by molar-refractivity contribution is -0.156. The van der Waals surface area contributed by atoms with Crippen LogP contribution < -0.4 is 0 Å². The number of rotatable bonds is 11. The zero-order valence-electron chi connectivity index (χ0n) is 20.6. The van der Waals surface area contributed by atoms with Gasteiger partial charge in [-0.15, -0.1) is 0 Å². The van der Waals surface area contributed by atoms with Crippen LogP contribution in [-0.2, 0) is 19.9 Å². The Morgan fingerprint density at radius 1 is 0.711 bits per heavy atom. The summed E-state index contributed by atoms with van der Waals surface area (Å²) in [6.45, 7) is -1.09. The summed E-state index contributed by atoms with van der Waals surface area (Å²) in [5.74, 6) is -1.22. The average Bonchev–Trinajstić information content (AvgIpc) is 2.98. The van der Waals surface area contributed by atoms with Crippen molar-refractivity contribution in [3.8, 4) is 12.1 Å². The van der Waals surface area contributed by atoms with E-state index in [0.717, 1.165) is 11.1 Å². The van der Waals surface area contributed by atoms with Crippen LogP contribution in [0.3, 0.4) is 0 Å². The quantitative estimate of drug-likeness (QED) is 0.275. The minimum absolute atomic E-state index is 0.363. The van der Waals surface area contributed by atoms with E-state index in [1.54, 1.807) is 60.7 Å². The molecule has 188 valence electrons. The lowest BCUT2D eigenvalue weighted by atomic mass is 9.66. The second-order valence-corrected chi connectivity index (χ2v) is 8.74. The fraction of sp³-hybridized carbons (Fsp3) is 0.156. The monoisotopic (exact) mass is 502 g/mol. The Hall–Kier alpha value is -4.75. The van der Waals surface area contributed by atoms with Crippen LogP contribution in [0.15, 0.2) is 121 Å². The molecule has 4 aromatic carbocycles. The van der Waals surface area contributed by atoms with E-state index < -0.39 is 29.7 Å². The number of hydrogen-bond donors (Lipinski definition) is 1. The van der Waals surface area contributed by atoms with Gasteiger partial charge in [-0.2, -0.15) is 10.5 Å². The van der Waals surface area contributed by atoms with E-state index in [-0.39, 0.29) is 6.61 Å². The Bertz CT molecular complexity index is 1320. The largest absolute Gasteiger partial charge is 0.480 e. The van der Waals surface area contributed by atoms with E-state index in [1.807, 2.05) is 60.7 Å². The highest BCUT2D eigenvalue weighted by atomic mass is 16.5. The molecule has 0 radical (unpaired) electrons. The Morgan fingerprint density at radius 2 is 1.11 bits per heavy atom. The van der Waals surface area contributed by atoms with E-state index in [9.17, 15) is 20.4 Å². The van der Waals surface area contributed by atoms with Crippen LogP contribution in [0.1, 0.15) is 28.4 Å². The van der Waals surface area contributed by atoms with E-state index in [0.29, 0.717) is 11.1 Å². The van der Waals surface area contributed by atoms with Gasteiger partial charge in [0, 0.05) is 0 Å². The number of nitrogens with zero attached hydrogens (tertiary/aromatic N) is 2. The molecule has 0 aliphatic heterocycles. The van der Waals surface area contributed by atoms with Crippen LogP contribution in [0.2, 0.25) is 0 Å². The molecular formula is C32H26N2O4. The van der Waals surface area contributed by atoms with Gasteiger partial charge in [-0.1, -0.05) is 121 Å². The van der Waals surface area contributed by atoms with Crippen molar-refractivity contribution in [2.75, 3.05) is 13.2 Å². The van der Waals surface area contributed by atoms with E-state index >= 15 is 0 Å². The second-order valence-electron chi connectivity index (χ2n) is 8.74. The van der Waals surface area contributed by atoms with Crippen LogP contribution in [0, 0.1) is 28.1 Å². The van der Waals surface area contributed by atoms with Gasteiger partial charge in [0.25, 0.3) is 0 Å². The van der Waals surface area contributed by atoms with Crippen molar-refractivity contribution >= 4 is 5.97 Å². The maximum absolute atomic E-state index is 11.7. The third kappa shape index (κ3) is 5.19. The number of nitriles is 2. The Kier molecular flexibility index (Phi) is 8.30. The summed E-state index contributed by atoms with van der Waals surface area (Å²) in [6.07, 6.45) is -0.581. The molecule has 0 aromatic heterocycles. The lowest BCUT2D eigenvalue weighted by Gasteiger charge is -2.43. The molecule has 4 aromatic rings. The summed E-state index contributed by atoms with van der Waals surface area (Å²) in [5.41, 5.74) is -1.10. The fourth-order valence-electron chi connectivity index (χ4n) is 4.66. The maximum Gasteiger partial charge on any atom is 0.329 e. The van der Waals surface area contributed by atoms with Crippen molar-refractivity contribution in [1.82, 2.24) is 0 Å². The second kappa shape index (κ2) is 12.0. The molecule has 0 spiro atoms. The zero-order valence-corrected chi connectivity index (χ0v) is 20.6. The number of carboxylic acid groups (broad SMARTS) is 1. The molecule has 1 N–H and O–H groups in total. The van der Waals surface area contributed by atoms with Crippen LogP contribution in [0.25, 0.3) is 0 Å². The first-order valence-electron chi connectivity index (χ1n) is 12.1. The van der Waals surface area contributed by atoms with Gasteiger partial charge in [0.1, 0.15) is 12.7 Å². The summed E-state index contributed by atoms with van der Waals surface area (Å²) in [5, 5.41) is 30.9. The fourth-order valence-corrected chi connectivity index (χ4v) is 4.66. The molecule has 4 rings (SSSR count). The molecule has 0 saturated carbocycles. The van der Waals surface area contributed by atoms with Crippen molar-refractivity contribution < 1.29 is 19.4 Å². The van der Waals surface area contributed by atoms with Crippen LogP contribution in [-0.4, -0.2) is 24.3 Å². The number of benzene rings is 4.